The third kappa shape index (κ3) is 2.91. The largest absolute Gasteiger partial charge is 0.293 e. The van der Waals surface area contributed by atoms with Crippen molar-refractivity contribution in [2.45, 2.75) is 77.5 Å². The van der Waals surface area contributed by atoms with E-state index in [4.69, 9.17) is 0 Å². The van der Waals surface area contributed by atoms with Crippen LogP contribution in [0.2, 0.25) is 0 Å². The molecule has 1 aliphatic rings. The van der Waals surface area contributed by atoms with Crippen molar-refractivity contribution in [3.05, 3.63) is 34.4 Å². The lowest BCUT2D eigenvalue weighted by molar-refractivity contribution is 0.0938. The molecule has 1 aromatic carbocycles. The topological polar surface area (TPSA) is 34.1 Å². The van der Waals surface area contributed by atoms with Crippen LogP contribution in [-0.2, 0) is 4.57 Å². The highest BCUT2D eigenvalue weighted by Crippen LogP contribution is 2.55. The van der Waals surface area contributed by atoms with Crippen LogP contribution in [0.3, 0.4) is 0 Å². The summed E-state index contributed by atoms with van der Waals surface area (Å²) < 4.78 is 13.1. The number of Topliss-reactive ketones (excluding diaryl/α,β-unsaturated/α-hetero) is 1. The average Bonchev–Trinajstić information content (AvgIpc) is 2.95. The Labute approximate surface area is 135 Å². The molecule has 0 heterocycles. The summed E-state index contributed by atoms with van der Waals surface area (Å²) in [6.45, 7) is 10.2. The molecule has 121 valence electrons. The van der Waals surface area contributed by atoms with Gasteiger partial charge in [-0.3, -0.25) is 9.36 Å². The maximum absolute atomic E-state index is 13.4. The van der Waals surface area contributed by atoms with Crippen LogP contribution in [-0.4, -0.2) is 16.6 Å². The summed E-state index contributed by atoms with van der Waals surface area (Å²) in [6, 6.07) is 4.14. The van der Waals surface area contributed by atoms with Crippen molar-refractivity contribution in [2.24, 2.45) is 0 Å². The molecule has 0 N–H and O–H groups in total. The maximum Gasteiger partial charge on any atom is 0.180 e. The van der Waals surface area contributed by atoms with Crippen LogP contribution < -0.4 is 0 Å². The normalized spacial score (nSPS) is 19.0. The zero-order valence-electron chi connectivity index (χ0n) is 14.5. The second kappa shape index (κ2) is 6.62. The highest BCUT2D eigenvalue weighted by atomic mass is 31.1. The predicted octanol–water partition coefficient (Wildman–Crippen LogP) is 5.73. The van der Waals surface area contributed by atoms with Crippen molar-refractivity contribution in [1.29, 1.82) is 0 Å². The lowest BCUT2D eigenvalue weighted by Gasteiger charge is -2.30. The third-order valence-corrected chi connectivity index (χ3v) is 7.83. The fraction of sp³-hybridized carbons (Fsp3) is 0.632. The molecule has 2 atom stereocenters. The lowest BCUT2D eigenvalue weighted by atomic mass is 9.88. The summed E-state index contributed by atoms with van der Waals surface area (Å²) >= 11 is 0. The van der Waals surface area contributed by atoms with Crippen LogP contribution in [0.15, 0.2) is 12.1 Å². The van der Waals surface area contributed by atoms with Gasteiger partial charge in [0.15, 0.2) is 5.78 Å². The van der Waals surface area contributed by atoms with Gasteiger partial charge in [0, 0.05) is 11.2 Å². The molecule has 0 spiro atoms. The third-order valence-electron chi connectivity index (χ3n) is 5.17. The van der Waals surface area contributed by atoms with E-state index in [1.54, 1.807) is 0 Å². The number of rotatable bonds is 5. The minimum absolute atomic E-state index is 0.114. The Balaban J connectivity index is 2.51. The van der Waals surface area contributed by atoms with Gasteiger partial charge >= 0.3 is 0 Å². The molecule has 22 heavy (non-hydrogen) atoms. The van der Waals surface area contributed by atoms with E-state index in [-0.39, 0.29) is 11.4 Å². The Morgan fingerprint density at radius 1 is 1.18 bits per heavy atom. The van der Waals surface area contributed by atoms with E-state index in [9.17, 15) is 9.36 Å². The second-order valence-electron chi connectivity index (χ2n) is 6.92. The fourth-order valence-electron chi connectivity index (χ4n) is 3.87. The van der Waals surface area contributed by atoms with Gasteiger partial charge in [0.2, 0.25) is 0 Å². The molecule has 0 bridgehead atoms. The molecule has 2 rings (SSSR count). The smallest absolute Gasteiger partial charge is 0.180 e. The molecule has 1 aromatic rings. The fourth-order valence-corrected chi connectivity index (χ4v) is 6.11. The Morgan fingerprint density at radius 2 is 1.68 bits per heavy atom. The summed E-state index contributed by atoms with van der Waals surface area (Å²) in [5.41, 5.74) is 4.17. The molecule has 0 aliphatic heterocycles. The van der Waals surface area contributed by atoms with Crippen LogP contribution in [0.4, 0.5) is 0 Å². The zero-order valence-corrected chi connectivity index (χ0v) is 15.4. The molecule has 1 radical (unpaired) electrons. The molecule has 2 nitrogen and oxygen atoms in total. The molecule has 0 amide bonds. The monoisotopic (exact) mass is 319 g/mol. The first-order valence-electron chi connectivity index (χ1n) is 8.42. The Hall–Kier alpha value is -1.01. The molecule has 3 heteroatoms. The summed E-state index contributed by atoms with van der Waals surface area (Å²) in [7, 11) is -1.52. The minimum atomic E-state index is -1.52. The average molecular weight is 319 g/mol. The van der Waals surface area contributed by atoms with Crippen molar-refractivity contribution in [3.8, 4) is 0 Å². The van der Waals surface area contributed by atoms with E-state index < -0.39 is 13.0 Å². The van der Waals surface area contributed by atoms with Crippen molar-refractivity contribution in [2.75, 3.05) is 0 Å². The van der Waals surface area contributed by atoms with E-state index in [1.807, 2.05) is 20.8 Å². The van der Waals surface area contributed by atoms with Crippen molar-refractivity contribution in [3.63, 3.8) is 0 Å². The van der Waals surface area contributed by atoms with Crippen LogP contribution in [0.1, 0.15) is 73.0 Å². The van der Waals surface area contributed by atoms with Crippen LogP contribution in [0, 0.1) is 20.8 Å². The van der Waals surface area contributed by atoms with E-state index in [2.05, 4.69) is 26.0 Å². The highest BCUT2D eigenvalue weighted by molar-refractivity contribution is 7.48. The van der Waals surface area contributed by atoms with Gasteiger partial charge in [-0.25, -0.2) is 0 Å². The summed E-state index contributed by atoms with van der Waals surface area (Å²) in [4.78, 5) is 13.4. The molecule has 0 saturated heterocycles. The molecule has 0 aromatic heterocycles. The van der Waals surface area contributed by atoms with E-state index in [0.29, 0.717) is 0 Å². The SMILES string of the molecule is CCC(C)[P](=O)C1(C(=O)c2c(C)cc(C)cc2C)CCCC1. The van der Waals surface area contributed by atoms with Crippen molar-refractivity contribution < 1.29 is 9.36 Å². The highest BCUT2D eigenvalue weighted by Gasteiger charge is 2.48. The number of ketones is 1. The minimum Gasteiger partial charge on any atom is -0.293 e. The summed E-state index contributed by atoms with van der Waals surface area (Å²) in [5, 5.41) is -0.616. The van der Waals surface area contributed by atoms with E-state index in [1.165, 1.54) is 5.56 Å². The molecular formula is C19H28O2P. The van der Waals surface area contributed by atoms with Crippen LogP contribution in [0.25, 0.3) is 0 Å². The standard InChI is InChI=1S/C19H28O2P/c1-6-16(5)22(21)19(9-7-8-10-19)18(20)17-14(3)11-13(2)12-15(17)4/h11-12,16H,6-10H2,1-5H3. The van der Waals surface area contributed by atoms with Crippen LogP contribution >= 0.6 is 7.80 Å². The Morgan fingerprint density at radius 3 is 2.14 bits per heavy atom. The first-order valence-corrected chi connectivity index (χ1v) is 9.75. The summed E-state index contributed by atoms with van der Waals surface area (Å²) in [6.07, 6.45) is 4.49. The van der Waals surface area contributed by atoms with Crippen molar-refractivity contribution >= 4 is 13.6 Å². The maximum atomic E-state index is 13.4. The van der Waals surface area contributed by atoms with Gasteiger partial charge in [-0.15, -0.1) is 0 Å². The van der Waals surface area contributed by atoms with Gasteiger partial charge < -0.3 is 0 Å². The zero-order chi connectivity index (χ0) is 16.5. The molecule has 1 saturated carbocycles. The van der Waals surface area contributed by atoms with Crippen molar-refractivity contribution in [1.82, 2.24) is 0 Å². The summed E-state index contributed by atoms with van der Waals surface area (Å²) in [5.74, 6) is 0.140. The van der Waals surface area contributed by atoms with Gasteiger partial charge in [0.05, 0.1) is 7.80 Å². The molecule has 1 fully saturated rings. The number of hydrogen-bond acceptors (Lipinski definition) is 2. The Kier molecular flexibility index (Phi) is 5.22. The number of aryl methyl sites for hydroxylation is 3. The van der Waals surface area contributed by atoms with E-state index in [0.717, 1.165) is 48.8 Å². The first-order chi connectivity index (χ1) is 10.3. The molecule has 1 aliphatic carbocycles. The number of hydrogen-bond donors (Lipinski definition) is 0. The van der Waals surface area contributed by atoms with Crippen LogP contribution in [0.5, 0.6) is 0 Å². The Bertz CT molecular complexity index is 574. The number of benzene rings is 1. The quantitative estimate of drug-likeness (QED) is 0.513. The first kappa shape index (κ1) is 17.3. The van der Waals surface area contributed by atoms with Gasteiger partial charge in [-0.2, -0.15) is 0 Å². The van der Waals surface area contributed by atoms with Gasteiger partial charge in [-0.1, -0.05) is 44.4 Å². The molecular weight excluding hydrogens is 291 g/mol. The molecule has 2 unspecified atom stereocenters. The van der Waals surface area contributed by atoms with Gasteiger partial charge in [-0.05, 0) is 51.2 Å². The second-order valence-corrected chi connectivity index (χ2v) is 9.31. The van der Waals surface area contributed by atoms with E-state index >= 15 is 0 Å². The number of carbonyl (C=O) groups is 1. The lowest BCUT2D eigenvalue weighted by Crippen LogP contribution is -2.35. The van der Waals surface area contributed by atoms with Gasteiger partial charge in [0.1, 0.15) is 5.16 Å². The van der Waals surface area contributed by atoms with Gasteiger partial charge in [0.25, 0.3) is 0 Å². The number of carbonyl (C=O) groups excluding carboxylic acids is 1. The predicted molar refractivity (Wildman–Crippen MR) is 93.5 cm³/mol.